The molecular weight excluding hydrogens is 304 g/mol. The number of aromatic amines is 1. The van der Waals surface area contributed by atoms with Crippen LogP contribution in [0.2, 0.25) is 0 Å². The summed E-state index contributed by atoms with van der Waals surface area (Å²) < 4.78 is 10.3. The van der Waals surface area contributed by atoms with E-state index in [4.69, 9.17) is 9.47 Å². The first-order valence-electron chi connectivity index (χ1n) is 7.44. The smallest absolute Gasteiger partial charge is 0.161 e. The van der Waals surface area contributed by atoms with Gasteiger partial charge >= 0.3 is 0 Å². The Morgan fingerprint density at radius 3 is 2.67 bits per heavy atom. The predicted octanol–water partition coefficient (Wildman–Crippen LogP) is 3.97. The van der Waals surface area contributed by atoms with Gasteiger partial charge in [-0.2, -0.15) is 5.10 Å². The first-order chi connectivity index (χ1) is 11.7. The predicted molar refractivity (Wildman–Crippen MR) is 94.2 cm³/mol. The zero-order valence-electron chi connectivity index (χ0n) is 13.5. The van der Waals surface area contributed by atoms with Gasteiger partial charge in [0, 0.05) is 5.56 Å². The van der Waals surface area contributed by atoms with Crippen molar-refractivity contribution in [3.63, 3.8) is 0 Å². The van der Waals surface area contributed by atoms with Crippen LogP contribution in [0.4, 0.5) is 0 Å². The average molecular weight is 322 g/mol. The van der Waals surface area contributed by atoms with E-state index in [9.17, 15) is 5.11 Å². The van der Waals surface area contributed by atoms with Crippen LogP contribution in [0.25, 0.3) is 23.4 Å². The maximum Gasteiger partial charge on any atom is 0.161 e. The first kappa shape index (κ1) is 15.7. The molecule has 0 atom stereocenters. The number of rotatable bonds is 5. The Balaban J connectivity index is 1.81. The molecule has 0 unspecified atom stereocenters. The third-order valence-corrected chi connectivity index (χ3v) is 3.62. The molecule has 0 radical (unpaired) electrons. The zero-order chi connectivity index (χ0) is 16.9. The third-order valence-electron chi connectivity index (χ3n) is 3.62. The van der Waals surface area contributed by atoms with Crippen molar-refractivity contribution in [2.24, 2.45) is 0 Å². The number of hydrogen-bond donors (Lipinski definition) is 2. The molecule has 5 nitrogen and oxygen atoms in total. The molecule has 1 aromatic heterocycles. The molecule has 0 aliphatic heterocycles. The molecule has 122 valence electrons. The molecule has 0 aliphatic carbocycles. The Hall–Kier alpha value is -3.21. The normalized spacial score (nSPS) is 10.9. The van der Waals surface area contributed by atoms with E-state index in [1.807, 2.05) is 42.5 Å². The molecule has 3 rings (SSSR count). The summed E-state index contributed by atoms with van der Waals surface area (Å²) in [6.45, 7) is 0. The summed E-state index contributed by atoms with van der Waals surface area (Å²) in [4.78, 5) is 0. The van der Waals surface area contributed by atoms with E-state index >= 15 is 0 Å². The van der Waals surface area contributed by atoms with Gasteiger partial charge in [-0.25, -0.2) is 0 Å². The standard InChI is InChI=1S/C19H18N2O3/c1-23-16-5-3-4-13(10-16)6-8-15-12-17(21-20-15)14-7-9-18(22)19(11-14)24-2/h3-12,22H,1-2H3,(H,20,21)/b8-6+. The number of aromatic hydroxyl groups is 1. The summed E-state index contributed by atoms with van der Waals surface area (Å²) in [5.41, 5.74) is 3.55. The average Bonchev–Trinajstić information content (AvgIpc) is 3.09. The fourth-order valence-electron chi connectivity index (χ4n) is 2.34. The fourth-order valence-corrected chi connectivity index (χ4v) is 2.34. The van der Waals surface area contributed by atoms with Crippen molar-refractivity contribution in [3.05, 3.63) is 59.8 Å². The number of aromatic nitrogens is 2. The third kappa shape index (κ3) is 3.41. The van der Waals surface area contributed by atoms with Crippen LogP contribution >= 0.6 is 0 Å². The maximum atomic E-state index is 9.67. The molecule has 0 bridgehead atoms. The zero-order valence-corrected chi connectivity index (χ0v) is 13.5. The second kappa shape index (κ2) is 6.91. The van der Waals surface area contributed by atoms with Crippen molar-refractivity contribution < 1.29 is 14.6 Å². The van der Waals surface area contributed by atoms with E-state index in [1.165, 1.54) is 7.11 Å². The number of ether oxygens (including phenoxy) is 2. The summed E-state index contributed by atoms with van der Waals surface area (Å²) in [6.07, 6.45) is 3.93. The van der Waals surface area contributed by atoms with E-state index in [-0.39, 0.29) is 5.75 Å². The van der Waals surface area contributed by atoms with Gasteiger partial charge in [0.1, 0.15) is 5.75 Å². The molecule has 0 spiro atoms. The van der Waals surface area contributed by atoms with Crippen molar-refractivity contribution >= 4 is 12.2 Å². The van der Waals surface area contributed by atoms with Crippen molar-refractivity contribution in [2.75, 3.05) is 14.2 Å². The molecule has 0 saturated heterocycles. The van der Waals surface area contributed by atoms with Crippen molar-refractivity contribution in [1.29, 1.82) is 0 Å². The van der Waals surface area contributed by atoms with Gasteiger partial charge in [0.15, 0.2) is 11.5 Å². The van der Waals surface area contributed by atoms with Gasteiger partial charge in [0.25, 0.3) is 0 Å². The van der Waals surface area contributed by atoms with Gasteiger partial charge in [-0.3, -0.25) is 5.10 Å². The van der Waals surface area contributed by atoms with Gasteiger partial charge in [0.2, 0.25) is 0 Å². The van der Waals surface area contributed by atoms with Gasteiger partial charge in [-0.1, -0.05) is 18.2 Å². The largest absolute Gasteiger partial charge is 0.504 e. The van der Waals surface area contributed by atoms with Gasteiger partial charge in [0.05, 0.1) is 25.6 Å². The molecule has 3 aromatic rings. The highest BCUT2D eigenvalue weighted by Gasteiger charge is 2.07. The van der Waals surface area contributed by atoms with E-state index in [1.54, 1.807) is 25.3 Å². The molecule has 0 saturated carbocycles. The number of nitrogens with one attached hydrogen (secondary N) is 1. The Kier molecular flexibility index (Phi) is 4.52. The quantitative estimate of drug-likeness (QED) is 0.746. The monoisotopic (exact) mass is 322 g/mol. The molecule has 2 N–H and O–H groups in total. The van der Waals surface area contributed by atoms with Gasteiger partial charge in [-0.15, -0.1) is 0 Å². The summed E-state index contributed by atoms with van der Waals surface area (Å²) in [5, 5.41) is 16.9. The molecule has 0 amide bonds. The SMILES string of the molecule is COc1cccc(/C=C/c2cc(-c3ccc(O)c(OC)c3)n[nH]2)c1. The first-order valence-corrected chi connectivity index (χ1v) is 7.44. The Morgan fingerprint density at radius 1 is 1.00 bits per heavy atom. The molecule has 1 heterocycles. The molecule has 2 aromatic carbocycles. The summed E-state index contributed by atoms with van der Waals surface area (Å²) in [5.74, 6) is 1.34. The van der Waals surface area contributed by atoms with Crippen LogP contribution in [-0.2, 0) is 0 Å². The van der Waals surface area contributed by atoms with Crippen LogP contribution in [0, 0.1) is 0 Å². The summed E-state index contributed by atoms with van der Waals surface area (Å²) in [6, 6.07) is 14.9. The number of phenols is 1. The second-order valence-electron chi connectivity index (χ2n) is 5.21. The number of phenolic OH excluding ortho intramolecular Hbond substituents is 1. The molecule has 0 aliphatic rings. The molecule has 0 fully saturated rings. The minimum atomic E-state index is 0.106. The molecular formula is C19H18N2O3. The van der Waals surface area contributed by atoms with Crippen LogP contribution in [-0.4, -0.2) is 29.5 Å². The van der Waals surface area contributed by atoms with E-state index in [2.05, 4.69) is 10.2 Å². The van der Waals surface area contributed by atoms with Crippen molar-refractivity contribution in [3.8, 4) is 28.5 Å². The number of hydrogen-bond acceptors (Lipinski definition) is 4. The van der Waals surface area contributed by atoms with E-state index < -0.39 is 0 Å². The number of benzene rings is 2. The second-order valence-corrected chi connectivity index (χ2v) is 5.21. The lowest BCUT2D eigenvalue weighted by Gasteiger charge is -2.04. The molecule has 5 heteroatoms. The van der Waals surface area contributed by atoms with Gasteiger partial charge in [-0.05, 0) is 48.0 Å². The van der Waals surface area contributed by atoms with Crippen LogP contribution in [0.15, 0.2) is 48.5 Å². The van der Waals surface area contributed by atoms with Crippen LogP contribution < -0.4 is 9.47 Å². The lowest BCUT2D eigenvalue weighted by atomic mass is 10.1. The van der Waals surface area contributed by atoms with E-state index in [0.29, 0.717) is 5.75 Å². The molecule has 24 heavy (non-hydrogen) atoms. The number of H-pyrrole nitrogens is 1. The van der Waals surface area contributed by atoms with Gasteiger partial charge < -0.3 is 14.6 Å². The van der Waals surface area contributed by atoms with Crippen LogP contribution in [0.5, 0.6) is 17.2 Å². The Morgan fingerprint density at radius 2 is 1.88 bits per heavy atom. The lowest BCUT2D eigenvalue weighted by molar-refractivity contribution is 0.373. The topological polar surface area (TPSA) is 67.4 Å². The minimum absolute atomic E-state index is 0.106. The number of methoxy groups -OCH3 is 2. The highest BCUT2D eigenvalue weighted by atomic mass is 16.5. The maximum absolute atomic E-state index is 9.67. The number of nitrogens with zero attached hydrogens (tertiary/aromatic N) is 1. The lowest BCUT2D eigenvalue weighted by Crippen LogP contribution is -1.85. The van der Waals surface area contributed by atoms with E-state index in [0.717, 1.165) is 28.3 Å². The Labute approximate surface area is 140 Å². The highest BCUT2D eigenvalue weighted by molar-refractivity contribution is 5.72. The Bertz CT molecular complexity index is 869. The van der Waals surface area contributed by atoms with Crippen LogP contribution in [0.3, 0.4) is 0 Å². The fraction of sp³-hybridized carbons (Fsp3) is 0.105. The van der Waals surface area contributed by atoms with Crippen molar-refractivity contribution in [1.82, 2.24) is 10.2 Å². The summed E-state index contributed by atoms with van der Waals surface area (Å²) >= 11 is 0. The van der Waals surface area contributed by atoms with Crippen LogP contribution in [0.1, 0.15) is 11.3 Å². The highest BCUT2D eigenvalue weighted by Crippen LogP contribution is 2.30. The minimum Gasteiger partial charge on any atom is -0.504 e. The summed E-state index contributed by atoms with van der Waals surface area (Å²) in [7, 11) is 3.17. The van der Waals surface area contributed by atoms with Crippen molar-refractivity contribution in [2.45, 2.75) is 0 Å².